The fourth-order valence-corrected chi connectivity index (χ4v) is 3.45. The number of aromatic nitrogens is 1. The van der Waals surface area contributed by atoms with E-state index in [0.717, 1.165) is 6.42 Å². The fourth-order valence-electron chi connectivity index (χ4n) is 2.14. The van der Waals surface area contributed by atoms with Crippen molar-refractivity contribution in [2.45, 2.75) is 26.3 Å². The molecule has 0 saturated carbocycles. The number of nitrogens with one attached hydrogen (secondary N) is 1. The molecule has 22 heavy (non-hydrogen) atoms. The van der Waals surface area contributed by atoms with E-state index in [-0.39, 0.29) is 22.7 Å². The standard InChI is InChI=1S/C15H20ClN3O2S/c1-10(2)6-7-17-14(20)12-8-22-9-19(12)15(21)11-4-3-5-13(16)18-11/h3-5,10,12H,6-9H2,1-2H3,(H,17,20). The number of carbonyl (C=O) groups is 2. The van der Waals surface area contributed by atoms with Gasteiger partial charge in [0.15, 0.2) is 0 Å². The number of hydrogen-bond donors (Lipinski definition) is 1. The second kappa shape index (κ2) is 7.83. The zero-order valence-corrected chi connectivity index (χ0v) is 14.3. The molecule has 1 unspecified atom stereocenters. The van der Waals surface area contributed by atoms with Gasteiger partial charge in [-0.05, 0) is 24.5 Å². The molecule has 1 fully saturated rings. The van der Waals surface area contributed by atoms with Crippen LogP contribution >= 0.6 is 23.4 Å². The van der Waals surface area contributed by atoms with Crippen molar-refractivity contribution in [2.24, 2.45) is 5.92 Å². The molecule has 1 N–H and O–H groups in total. The molecule has 2 rings (SSSR count). The van der Waals surface area contributed by atoms with Gasteiger partial charge < -0.3 is 10.2 Å². The van der Waals surface area contributed by atoms with Crippen LogP contribution < -0.4 is 5.32 Å². The van der Waals surface area contributed by atoms with Gasteiger partial charge in [-0.3, -0.25) is 9.59 Å². The molecule has 0 aliphatic carbocycles. The molecule has 0 aromatic carbocycles. The van der Waals surface area contributed by atoms with Gasteiger partial charge in [0, 0.05) is 12.3 Å². The molecule has 1 saturated heterocycles. The SMILES string of the molecule is CC(C)CCNC(=O)C1CSCN1C(=O)c1cccc(Cl)n1. The Labute approximate surface area is 139 Å². The first-order chi connectivity index (χ1) is 10.5. The van der Waals surface area contributed by atoms with Gasteiger partial charge in [0.25, 0.3) is 5.91 Å². The number of thioether (sulfide) groups is 1. The second-order valence-corrected chi connectivity index (χ2v) is 7.00. The molecule has 0 bridgehead atoms. The third kappa shape index (κ3) is 4.36. The Morgan fingerprint density at radius 2 is 2.27 bits per heavy atom. The Hall–Kier alpha value is -1.27. The molecule has 7 heteroatoms. The Kier molecular flexibility index (Phi) is 6.08. The average Bonchev–Trinajstić information content (AvgIpc) is 2.95. The van der Waals surface area contributed by atoms with Crippen molar-refractivity contribution in [1.82, 2.24) is 15.2 Å². The Morgan fingerprint density at radius 1 is 1.50 bits per heavy atom. The van der Waals surface area contributed by atoms with E-state index in [1.54, 1.807) is 34.9 Å². The number of pyridine rings is 1. The number of halogens is 1. The van der Waals surface area contributed by atoms with Crippen LogP contribution in [0.3, 0.4) is 0 Å². The predicted octanol–water partition coefficient (Wildman–Crippen LogP) is 2.41. The molecule has 2 amide bonds. The molecular weight excluding hydrogens is 322 g/mol. The number of amides is 2. The predicted molar refractivity (Wildman–Crippen MR) is 89.0 cm³/mol. The Morgan fingerprint density at radius 3 is 2.95 bits per heavy atom. The maximum absolute atomic E-state index is 12.5. The molecule has 0 spiro atoms. The van der Waals surface area contributed by atoms with Crippen molar-refractivity contribution in [1.29, 1.82) is 0 Å². The summed E-state index contributed by atoms with van der Waals surface area (Å²) >= 11 is 7.40. The minimum absolute atomic E-state index is 0.0963. The van der Waals surface area contributed by atoms with E-state index in [1.165, 1.54) is 0 Å². The van der Waals surface area contributed by atoms with Gasteiger partial charge in [-0.2, -0.15) is 0 Å². The summed E-state index contributed by atoms with van der Waals surface area (Å²) in [5.74, 6) is 1.29. The summed E-state index contributed by atoms with van der Waals surface area (Å²) in [6, 6.07) is 4.48. The van der Waals surface area contributed by atoms with Gasteiger partial charge >= 0.3 is 0 Å². The lowest BCUT2D eigenvalue weighted by atomic mass is 10.1. The first-order valence-corrected chi connectivity index (χ1v) is 8.81. The fraction of sp³-hybridized carbons (Fsp3) is 0.533. The quantitative estimate of drug-likeness (QED) is 0.835. The van der Waals surface area contributed by atoms with E-state index in [2.05, 4.69) is 24.1 Å². The van der Waals surface area contributed by atoms with Crippen molar-refractivity contribution >= 4 is 35.2 Å². The molecular formula is C15H20ClN3O2S. The smallest absolute Gasteiger partial charge is 0.273 e. The van der Waals surface area contributed by atoms with Crippen LogP contribution in [0.15, 0.2) is 18.2 Å². The van der Waals surface area contributed by atoms with Crippen LogP contribution in [0.2, 0.25) is 5.15 Å². The van der Waals surface area contributed by atoms with Crippen molar-refractivity contribution in [3.8, 4) is 0 Å². The summed E-state index contributed by atoms with van der Waals surface area (Å²) in [6.45, 7) is 4.85. The molecule has 1 aromatic rings. The molecule has 0 radical (unpaired) electrons. The topological polar surface area (TPSA) is 62.3 Å². The third-order valence-electron chi connectivity index (χ3n) is 3.40. The van der Waals surface area contributed by atoms with E-state index < -0.39 is 6.04 Å². The summed E-state index contributed by atoms with van der Waals surface area (Å²) in [7, 11) is 0. The van der Waals surface area contributed by atoms with Crippen LogP contribution in [0.5, 0.6) is 0 Å². The van der Waals surface area contributed by atoms with Crippen LogP contribution in [0.1, 0.15) is 30.8 Å². The van der Waals surface area contributed by atoms with Crippen LogP contribution in [-0.2, 0) is 4.79 Å². The largest absolute Gasteiger partial charge is 0.354 e. The highest BCUT2D eigenvalue weighted by Gasteiger charge is 2.35. The van der Waals surface area contributed by atoms with Gasteiger partial charge in [-0.15, -0.1) is 11.8 Å². The lowest BCUT2D eigenvalue weighted by Gasteiger charge is -2.23. The minimum Gasteiger partial charge on any atom is -0.354 e. The van der Waals surface area contributed by atoms with Crippen molar-refractivity contribution in [3.05, 3.63) is 29.0 Å². The minimum atomic E-state index is -0.439. The Bertz CT molecular complexity index is 553. The van der Waals surface area contributed by atoms with E-state index in [0.29, 0.717) is 24.1 Å². The molecule has 1 aromatic heterocycles. The number of hydrogen-bond acceptors (Lipinski definition) is 4. The molecule has 1 aliphatic rings. The first-order valence-electron chi connectivity index (χ1n) is 7.28. The Balaban J connectivity index is 2.00. The molecule has 120 valence electrons. The van der Waals surface area contributed by atoms with Gasteiger partial charge in [-0.1, -0.05) is 31.5 Å². The maximum Gasteiger partial charge on any atom is 0.273 e. The van der Waals surface area contributed by atoms with Gasteiger partial charge in [0.2, 0.25) is 5.91 Å². The molecule has 2 heterocycles. The number of nitrogens with zero attached hydrogens (tertiary/aromatic N) is 2. The highest BCUT2D eigenvalue weighted by Crippen LogP contribution is 2.23. The first kappa shape index (κ1) is 17.1. The highest BCUT2D eigenvalue weighted by atomic mass is 35.5. The van der Waals surface area contributed by atoms with Crippen LogP contribution in [-0.4, -0.2) is 45.9 Å². The lowest BCUT2D eigenvalue weighted by Crippen LogP contribution is -2.47. The van der Waals surface area contributed by atoms with Gasteiger partial charge in [-0.25, -0.2) is 4.98 Å². The number of carbonyl (C=O) groups excluding carboxylic acids is 2. The van der Waals surface area contributed by atoms with Crippen molar-refractivity contribution < 1.29 is 9.59 Å². The number of rotatable bonds is 5. The van der Waals surface area contributed by atoms with E-state index in [4.69, 9.17) is 11.6 Å². The zero-order valence-electron chi connectivity index (χ0n) is 12.7. The summed E-state index contributed by atoms with van der Waals surface area (Å²) in [5.41, 5.74) is 0.273. The van der Waals surface area contributed by atoms with Crippen molar-refractivity contribution in [2.75, 3.05) is 18.2 Å². The average molecular weight is 342 g/mol. The van der Waals surface area contributed by atoms with E-state index in [9.17, 15) is 9.59 Å². The summed E-state index contributed by atoms with van der Waals surface area (Å²) in [5, 5.41) is 3.18. The molecule has 1 aliphatic heterocycles. The maximum atomic E-state index is 12.5. The van der Waals surface area contributed by atoms with Crippen LogP contribution in [0.25, 0.3) is 0 Å². The summed E-state index contributed by atoms with van der Waals surface area (Å²) in [6.07, 6.45) is 0.926. The van der Waals surface area contributed by atoms with Crippen LogP contribution in [0.4, 0.5) is 0 Å². The monoisotopic (exact) mass is 341 g/mol. The highest BCUT2D eigenvalue weighted by molar-refractivity contribution is 7.99. The van der Waals surface area contributed by atoms with Gasteiger partial charge in [0.1, 0.15) is 16.9 Å². The summed E-state index contributed by atoms with van der Waals surface area (Å²) < 4.78 is 0. The van der Waals surface area contributed by atoms with Gasteiger partial charge in [0.05, 0.1) is 5.88 Å². The second-order valence-electron chi connectivity index (χ2n) is 5.61. The van der Waals surface area contributed by atoms with Crippen molar-refractivity contribution in [3.63, 3.8) is 0 Å². The molecule has 5 nitrogen and oxygen atoms in total. The van der Waals surface area contributed by atoms with Crippen LogP contribution in [0, 0.1) is 5.92 Å². The summed E-state index contributed by atoms with van der Waals surface area (Å²) in [4.78, 5) is 30.4. The van der Waals surface area contributed by atoms with E-state index in [1.807, 2.05) is 0 Å². The third-order valence-corrected chi connectivity index (χ3v) is 4.62. The van der Waals surface area contributed by atoms with E-state index >= 15 is 0 Å². The zero-order chi connectivity index (χ0) is 16.1. The molecule has 1 atom stereocenters. The lowest BCUT2D eigenvalue weighted by molar-refractivity contribution is -0.124. The normalized spacial score (nSPS) is 17.8.